The van der Waals surface area contributed by atoms with Gasteiger partial charge in [-0.2, -0.15) is 18.4 Å². The monoisotopic (exact) mass is 344 g/mol. The zero-order valence-corrected chi connectivity index (χ0v) is 13.3. The van der Waals surface area contributed by atoms with Gasteiger partial charge in [-0.25, -0.2) is 0 Å². The lowest BCUT2D eigenvalue weighted by Gasteiger charge is -2.42. The highest BCUT2D eigenvalue weighted by Gasteiger charge is 2.48. The molecule has 2 aromatic rings. The van der Waals surface area contributed by atoms with Crippen molar-refractivity contribution in [3.05, 3.63) is 65.5 Å². The Hall–Kier alpha value is -2.68. The molecular formula is C19H15F3N2O. The van der Waals surface area contributed by atoms with Gasteiger partial charge >= 0.3 is 6.18 Å². The summed E-state index contributed by atoms with van der Waals surface area (Å²) < 4.78 is 38.0. The number of alkyl halides is 3. The smallest absolute Gasteiger partial charge is 0.297 e. The summed E-state index contributed by atoms with van der Waals surface area (Å²) in [5.74, 6) is -1.47. The second kappa shape index (κ2) is 6.32. The Bertz CT molecular complexity index is 803. The number of pyridine rings is 1. The van der Waals surface area contributed by atoms with E-state index in [2.05, 4.69) is 4.98 Å². The summed E-state index contributed by atoms with van der Waals surface area (Å²) in [7, 11) is 0. The van der Waals surface area contributed by atoms with Crippen LogP contribution in [0.25, 0.3) is 0 Å². The Morgan fingerprint density at radius 3 is 2.28 bits per heavy atom. The minimum atomic E-state index is -4.50. The van der Waals surface area contributed by atoms with E-state index in [0.29, 0.717) is 19.0 Å². The topological polar surface area (TPSA) is 53.8 Å². The van der Waals surface area contributed by atoms with Gasteiger partial charge in [0.15, 0.2) is 5.78 Å². The van der Waals surface area contributed by atoms with E-state index in [1.807, 2.05) is 36.4 Å². The molecule has 0 amide bonds. The van der Waals surface area contributed by atoms with E-state index in [-0.39, 0.29) is 11.5 Å². The Kier molecular flexibility index (Phi) is 4.34. The normalized spacial score (nSPS) is 17.2. The third kappa shape index (κ3) is 3.02. The van der Waals surface area contributed by atoms with Gasteiger partial charge in [-0.15, -0.1) is 0 Å². The van der Waals surface area contributed by atoms with E-state index >= 15 is 0 Å². The van der Waals surface area contributed by atoms with Crippen LogP contribution in [0.5, 0.6) is 0 Å². The van der Waals surface area contributed by atoms with Gasteiger partial charge in [0.05, 0.1) is 22.7 Å². The Morgan fingerprint density at radius 1 is 1.16 bits per heavy atom. The Balaban J connectivity index is 1.93. The third-order valence-electron chi connectivity index (χ3n) is 4.81. The molecule has 1 aromatic heterocycles. The first-order valence-electron chi connectivity index (χ1n) is 7.91. The summed E-state index contributed by atoms with van der Waals surface area (Å²) in [6, 6.07) is 13.1. The predicted octanol–water partition coefficient (Wildman–Crippen LogP) is 4.40. The molecule has 1 unspecified atom stereocenters. The van der Waals surface area contributed by atoms with Gasteiger partial charge in [0.25, 0.3) is 0 Å². The first-order chi connectivity index (χ1) is 11.9. The van der Waals surface area contributed by atoms with E-state index < -0.39 is 23.1 Å². The standard InChI is InChI=1S/C19H15F3N2O/c20-19(21,22)14-7-8-16(24-12-14)15(11-23)17(25)18(9-4-10-18)13-5-2-1-3-6-13/h1-3,5-8,12,15H,4,9-10H2. The van der Waals surface area contributed by atoms with Crippen LogP contribution >= 0.6 is 0 Å². The summed E-state index contributed by atoms with van der Waals surface area (Å²) in [5.41, 5.74) is -0.741. The van der Waals surface area contributed by atoms with Crippen molar-refractivity contribution in [3.63, 3.8) is 0 Å². The summed E-state index contributed by atoms with van der Waals surface area (Å²) in [4.78, 5) is 16.8. The van der Waals surface area contributed by atoms with Crippen molar-refractivity contribution in [1.82, 2.24) is 4.98 Å². The Morgan fingerprint density at radius 2 is 1.84 bits per heavy atom. The van der Waals surface area contributed by atoms with Gasteiger partial charge in [-0.1, -0.05) is 36.8 Å². The maximum atomic E-state index is 13.1. The number of benzene rings is 1. The maximum absolute atomic E-state index is 13.1. The van der Waals surface area contributed by atoms with E-state index in [4.69, 9.17) is 0 Å². The molecule has 0 bridgehead atoms. The van der Waals surface area contributed by atoms with E-state index in [1.54, 1.807) is 0 Å². The van der Waals surface area contributed by atoms with Gasteiger partial charge in [-0.05, 0) is 30.5 Å². The molecule has 0 spiro atoms. The van der Waals surface area contributed by atoms with Gasteiger partial charge in [0.2, 0.25) is 0 Å². The number of halogens is 3. The van der Waals surface area contributed by atoms with E-state index in [9.17, 15) is 23.2 Å². The molecular weight excluding hydrogens is 329 g/mol. The van der Waals surface area contributed by atoms with Crippen LogP contribution in [-0.4, -0.2) is 10.8 Å². The van der Waals surface area contributed by atoms with Crippen LogP contribution in [0.3, 0.4) is 0 Å². The maximum Gasteiger partial charge on any atom is 0.417 e. The molecule has 0 aliphatic heterocycles. The zero-order chi connectivity index (χ0) is 18.1. The van der Waals surface area contributed by atoms with Crippen molar-refractivity contribution < 1.29 is 18.0 Å². The summed E-state index contributed by atoms with van der Waals surface area (Å²) in [5, 5.41) is 9.48. The van der Waals surface area contributed by atoms with Crippen LogP contribution in [0.4, 0.5) is 13.2 Å². The van der Waals surface area contributed by atoms with Crippen LogP contribution in [0.2, 0.25) is 0 Å². The highest BCUT2D eigenvalue weighted by Crippen LogP contribution is 2.47. The number of aromatic nitrogens is 1. The van der Waals surface area contributed by atoms with Crippen molar-refractivity contribution in [2.45, 2.75) is 36.8 Å². The fourth-order valence-corrected chi connectivity index (χ4v) is 3.24. The van der Waals surface area contributed by atoms with Crippen molar-refractivity contribution in [2.75, 3.05) is 0 Å². The van der Waals surface area contributed by atoms with Gasteiger partial charge in [0, 0.05) is 6.20 Å². The molecule has 1 aliphatic carbocycles. The van der Waals surface area contributed by atoms with Crippen LogP contribution < -0.4 is 0 Å². The van der Waals surface area contributed by atoms with Gasteiger partial charge in [-0.3, -0.25) is 9.78 Å². The number of Topliss-reactive ketones (excluding diaryl/α,β-unsaturated/α-hetero) is 1. The van der Waals surface area contributed by atoms with Crippen LogP contribution in [0.1, 0.15) is 42.0 Å². The number of ketones is 1. The number of nitrogens with zero attached hydrogens (tertiary/aromatic N) is 2. The predicted molar refractivity (Wildman–Crippen MR) is 84.6 cm³/mol. The lowest BCUT2D eigenvalue weighted by molar-refractivity contribution is -0.137. The van der Waals surface area contributed by atoms with Crippen molar-refractivity contribution in [3.8, 4) is 6.07 Å². The van der Waals surface area contributed by atoms with Gasteiger partial charge < -0.3 is 0 Å². The fourth-order valence-electron chi connectivity index (χ4n) is 3.24. The summed E-state index contributed by atoms with van der Waals surface area (Å²) >= 11 is 0. The van der Waals surface area contributed by atoms with Crippen LogP contribution in [0.15, 0.2) is 48.7 Å². The molecule has 3 nitrogen and oxygen atoms in total. The molecule has 1 heterocycles. The molecule has 6 heteroatoms. The molecule has 1 aromatic carbocycles. The van der Waals surface area contributed by atoms with Crippen molar-refractivity contribution in [1.29, 1.82) is 5.26 Å². The lowest BCUT2D eigenvalue weighted by atomic mass is 9.59. The SMILES string of the molecule is N#CC(C(=O)C1(c2ccccc2)CCC1)c1ccc(C(F)(F)F)cn1. The van der Waals surface area contributed by atoms with Crippen LogP contribution in [-0.2, 0) is 16.4 Å². The highest BCUT2D eigenvalue weighted by atomic mass is 19.4. The number of carbonyl (C=O) groups is 1. The minimum absolute atomic E-state index is 0.0581. The number of nitriles is 1. The zero-order valence-electron chi connectivity index (χ0n) is 13.3. The molecule has 0 radical (unpaired) electrons. The quantitative estimate of drug-likeness (QED) is 0.826. The second-order valence-corrected chi connectivity index (χ2v) is 6.20. The molecule has 25 heavy (non-hydrogen) atoms. The molecule has 3 rings (SSSR count). The van der Waals surface area contributed by atoms with Crippen LogP contribution in [0, 0.1) is 11.3 Å². The molecule has 1 atom stereocenters. The first-order valence-corrected chi connectivity index (χ1v) is 7.91. The number of hydrogen-bond acceptors (Lipinski definition) is 3. The van der Waals surface area contributed by atoms with Gasteiger partial charge in [0.1, 0.15) is 5.92 Å². The van der Waals surface area contributed by atoms with E-state index in [1.165, 1.54) is 0 Å². The molecule has 128 valence electrons. The summed E-state index contributed by atoms with van der Waals surface area (Å²) in [6.07, 6.45) is -1.69. The molecule has 1 saturated carbocycles. The van der Waals surface area contributed by atoms with Crippen molar-refractivity contribution in [2.24, 2.45) is 0 Å². The van der Waals surface area contributed by atoms with E-state index in [0.717, 1.165) is 24.1 Å². The van der Waals surface area contributed by atoms with Crippen molar-refractivity contribution >= 4 is 5.78 Å². The Labute approximate surface area is 143 Å². The molecule has 0 N–H and O–H groups in total. The molecule has 1 aliphatic rings. The number of carbonyl (C=O) groups excluding carboxylic acids is 1. The number of hydrogen-bond donors (Lipinski definition) is 0. The molecule has 1 fully saturated rings. The molecule has 0 saturated heterocycles. The fraction of sp³-hybridized carbons (Fsp3) is 0.316. The third-order valence-corrected chi connectivity index (χ3v) is 4.81. The average Bonchev–Trinajstić information content (AvgIpc) is 2.55. The summed E-state index contributed by atoms with van der Waals surface area (Å²) in [6.45, 7) is 0. The highest BCUT2D eigenvalue weighted by molar-refractivity contribution is 5.98. The minimum Gasteiger partial charge on any atom is -0.297 e. The first kappa shape index (κ1) is 17.2. The number of rotatable bonds is 4. The lowest BCUT2D eigenvalue weighted by Crippen LogP contribution is -2.45. The second-order valence-electron chi connectivity index (χ2n) is 6.20. The average molecular weight is 344 g/mol. The largest absolute Gasteiger partial charge is 0.417 e.